The van der Waals surface area contributed by atoms with Crippen molar-refractivity contribution in [1.82, 2.24) is 0 Å². The monoisotopic (exact) mass is 218 g/mol. The van der Waals surface area contributed by atoms with E-state index in [2.05, 4.69) is 4.74 Å². The molecule has 84 valence electrons. The lowest BCUT2D eigenvalue weighted by molar-refractivity contribution is -0.136. The minimum atomic E-state index is -0.325. The predicted octanol–water partition coefficient (Wildman–Crippen LogP) is 2.46. The minimum absolute atomic E-state index is 0.325. The van der Waals surface area contributed by atoms with Crippen molar-refractivity contribution in [1.29, 1.82) is 0 Å². The van der Waals surface area contributed by atoms with Gasteiger partial charge in [0, 0.05) is 6.42 Å². The molecule has 0 bridgehead atoms. The van der Waals surface area contributed by atoms with E-state index in [0.717, 1.165) is 18.6 Å². The van der Waals surface area contributed by atoms with Crippen LogP contribution < -0.4 is 4.74 Å². The molecule has 0 saturated carbocycles. The van der Waals surface area contributed by atoms with E-state index in [1.54, 1.807) is 6.92 Å². The van der Waals surface area contributed by atoms with E-state index in [4.69, 9.17) is 4.74 Å². The van der Waals surface area contributed by atoms with E-state index >= 15 is 0 Å². The maximum Gasteiger partial charge on any atom is 0.336 e. The van der Waals surface area contributed by atoms with Crippen molar-refractivity contribution in [2.75, 3.05) is 7.11 Å². The van der Waals surface area contributed by atoms with Gasteiger partial charge in [0.15, 0.2) is 0 Å². The molecule has 0 spiro atoms. The molecule has 2 rings (SSSR count). The number of fused-ring (bicyclic) bond motifs is 1. The number of rotatable bonds is 1. The molecule has 16 heavy (non-hydrogen) atoms. The smallest absolute Gasteiger partial charge is 0.336 e. The summed E-state index contributed by atoms with van der Waals surface area (Å²) in [6.45, 7) is 1.73. The normalized spacial score (nSPS) is 17.1. The molecule has 3 heteroatoms. The molecule has 1 aliphatic heterocycles. The Labute approximate surface area is 94.7 Å². The first kappa shape index (κ1) is 10.7. The summed E-state index contributed by atoms with van der Waals surface area (Å²) in [6.07, 6.45) is 1.65. The first-order valence-corrected chi connectivity index (χ1v) is 5.26. The molecule has 3 nitrogen and oxygen atoms in total. The van der Waals surface area contributed by atoms with Crippen molar-refractivity contribution in [3.05, 3.63) is 41.2 Å². The lowest BCUT2D eigenvalue weighted by atomic mass is 10.0. The Morgan fingerprint density at radius 2 is 2.06 bits per heavy atom. The van der Waals surface area contributed by atoms with Crippen LogP contribution in [0.3, 0.4) is 0 Å². The van der Waals surface area contributed by atoms with Crippen LogP contribution >= 0.6 is 0 Å². The van der Waals surface area contributed by atoms with E-state index < -0.39 is 0 Å². The van der Waals surface area contributed by atoms with Gasteiger partial charge in [-0.2, -0.15) is 0 Å². The van der Waals surface area contributed by atoms with Crippen LogP contribution in [0, 0.1) is 0 Å². The molecule has 1 aliphatic rings. The summed E-state index contributed by atoms with van der Waals surface area (Å²) in [5.41, 5.74) is 1.74. The van der Waals surface area contributed by atoms with Crippen molar-refractivity contribution >= 4 is 5.97 Å². The van der Waals surface area contributed by atoms with Gasteiger partial charge in [-0.25, -0.2) is 4.79 Å². The Hall–Kier alpha value is -1.77. The van der Waals surface area contributed by atoms with Crippen LogP contribution in [0.4, 0.5) is 0 Å². The fourth-order valence-electron chi connectivity index (χ4n) is 1.77. The number of benzene rings is 1. The maximum atomic E-state index is 11.4. The van der Waals surface area contributed by atoms with Crippen molar-refractivity contribution in [2.45, 2.75) is 19.8 Å². The van der Waals surface area contributed by atoms with Gasteiger partial charge in [-0.1, -0.05) is 18.2 Å². The molecule has 0 amide bonds. The summed E-state index contributed by atoms with van der Waals surface area (Å²) in [5, 5.41) is 0. The highest BCUT2D eigenvalue weighted by atomic mass is 16.5. The number of hydrogen-bond acceptors (Lipinski definition) is 3. The molecule has 0 unspecified atom stereocenters. The van der Waals surface area contributed by atoms with Crippen LogP contribution in [0.2, 0.25) is 0 Å². The van der Waals surface area contributed by atoms with Gasteiger partial charge in [-0.05, 0) is 25.0 Å². The van der Waals surface area contributed by atoms with Gasteiger partial charge >= 0.3 is 5.97 Å². The summed E-state index contributed by atoms with van der Waals surface area (Å²) in [5.74, 6) is 1.23. The van der Waals surface area contributed by atoms with Gasteiger partial charge in [0.2, 0.25) is 0 Å². The van der Waals surface area contributed by atoms with Crippen LogP contribution in [0.15, 0.2) is 35.6 Å². The van der Waals surface area contributed by atoms with Crippen LogP contribution in [-0.4, -0.2) is 13.1 Å². The second kappa shape index (κ2) is 4.39. The summed E-state index contributed by atoms with van der Waals surface area (Å²) in [4.78, 5) is 11.4. The number of ether oxygens (including phenoxy) is 2. The molecule has 1 aromatic carbocycles. The Kier molecular flexibility index (Phi) is 2.95. The molecule has 0 aromatic heterocycles. The third-order valence-corrected chi connectivity index (χ3v) is 2.74. The van der Waals surface area contributed by atoms with Gasteiger partial charge in [-0.3, -0.25) is 0 Å². The fraction of sp³-hybridized carbons (Fsp3) is 0.308. The van der Waals surface area contributed by atoms with Crippen molar-refractivity contribution in [2.24, 2.45) is 0 Å². The Balaban J connectivity index is 2.29. The number of methoxy groups -OCH3 is 1. The molecule has 1 heterocycles. The molecule has 0 radical (unpaired) electrons. The Morgan fingerprint density at radius 3 is 2.81 bits per heavy atom. The van der Waals surface area contributed by atoms with Gasteiger partial charge in [-0.15, -0.1) is 0 Å². The van der Waals surface area contributed by atoms with Crippen LogP contribution in [-0.2, 0) is 16.0 Å². The van der Waals surface area contributed by atoms with E-state index in [1.165, 1.54) is 12.7 Å². The van der Waals surface area contributed by atoms with Gasteiger partial charge < -0.3 is 9.47 Å². The summed E-state index contributed by atoms with van der Waals surface area (Å²) in [6, 6.07) is 7.87. The lowest BCUT2D eigenvalue weighted by Crippen LogP contribution is -2.13. The predicted molar refractivity (Wildman–Crippen MR) is 60.1 cm³/mol. The number of carbonyl (C=O) groups excluding carboxylic acids is 1. The van der Waals surface area contributed by atoms with Crippen LogP contribution in [0.1, 0.15) is 18.9 Å². The quantitative estimate of drug-likeness (QED) is 0.536. The summed E-state index contributed by atoms with van der Waals surface area (Å²) in [7, 11) is 1.38. The number of carbonyl (C=O) groups is 1. The summed E-state index contributed by atoms with van der Waals surface area (Å²) >= 11 is 0. The van der Waals surface area contributed by atoms with Crippen molar-refractivity contribution in [3.63, 3.8) is 0 Å². The highest BCUT2D eigenvalue weighted by Gasteiger charge is 2.19. The third kappa shape index (κ3) is 1.94. The SMILES string of the molecule is COC(=O)/C(C)=C1\CCc2ccccc2O1. The standard InChI is InChI=1S/C13H14O3/c1-9(13(14)15-2)11-8-7-10-5-3-4-6-12(10)16-11/h3-6H,7-8H2,1-2H3/b11-9+. The lowest BCUT2D eigenvalue weighted by Gasteiger charge is -2.20. The highest BCUT2D eigenvalue weighted by Crippen LogP contribution is 2.30. The Bertz CT molecular complexity index is 446. The van der Waals surface area contributed by atoms with Gasteiger partial charge in [0.1, 0.15) is 11.5 Å². The molecule has 0 saturated heterocycles. The van der Waals surface area contributed by atoms with Crippen molar-refractivity contribution in [3.8, 4) is 5.75 Å². The van der Waals surface area contributed by atoms with Crippen LogP contribution in [0.25, 0.3) is 0 Å². The average Bonchev–Trinajstić information content (AvgIpc) is 2.36. The maximum absolute atomic E-state index is 11.4. The molecule has 0 N–H and O–H groups in total. The average molecular weight is 218 g/mol. The number of aryl methyl sites for hydroxylation is 1. The van der Waals surface area contributed by atoms with Gasteiger partial charge in [0.25, 0.3) is 0 Å². The van der Waals surface area contributed by atoms with E-state index in [0.29, 0.717) is 11.3 Å². The second-order valence-corrected chi connectivity index (χ2v) is 3.75. The number of esters is 1. The van der Waals surface area contributed by atoms with E-state index in [-0.39, 0.29) is 5.97 Å². The number of allylic oxidation sites excluding steroid dienone is 1. The fourth-order valence-corrected chi connectivity index (χ4v) is 1.77. The zero-order valence-corrected chi connectivity index (χ0v) is 9.45. The summed E-state index contributed by atoms with van der Waals surface area (Å²) < 4.78 is 10.4. The first-order chi connectivity index (χ1) is 7.72. The molecule has 0 aliphatic carbocycles. The highest BCUT2D eigenvalue weighted by molar-refractivity contribution is 5.88. The zero-order chi connectivity index (χ0) is 11.5. The Morgan fingerprint density at radius 1 is 1.31 bits per heavy atom. The first-order valence-electron chi connectivity index (χ1n) is 5.26. The van der Waals surface area contributed by atoms with Gasteiger partial charge in [0.05, 0.1) is 12.7 Å². The van der Waals surface area contributed by atoms with E-state index in [1.807, 2.05) is 24.3 Å². The van der Waals surface area contributed by atoms with E-state index in [9.17, 15) is 4.79 Å². The molecule has 1 aromatic rings. The molecule has 0 fully saturated rings. The number of para-hydroxylation sites is 1. The number of hydrogen-bond donors (Lipinski definition) is 0. The van der Waals surface area contributed by atoms with Crippen molar-refractivity contribution < 1.29 is 14.3 Å². The molecular formula is C13H14O3. The molecule has 0 atom stereocenters. The second-order valence-electron chi connectivity index (χ2n) is 3.75. The minimum Gasteiger partial charge on any atom is -0.466 e. The molecular weight excluding hydrogens is 204 g/mol. The zero-order valence-electron chi connectivity index (χ0n) is 9.45. The largest absolute Gasteiger partial charge is 0.466 e. The topological polar surface area (TPSA) is 35.5 Å². The van der Waals surface area contributed by atoms with Crippen LogP contribution in [0.5, 0.6) is 5.75 Å². The third-order valence-electron chi connectivity index (χ3n) is 2.74.